The van der Waals surface area contributed by atoms with Gasteiger partial charge in [-0.1, -0.05) is 12.1 Å². The van der Waals surface area contributed by atoms with Gasteiger partial charge in [-0.05, 0) is 58.7 Å². The van der Waals surface area contributed by atoms with Crippen LogP contribution in [0.4, 0.5) is 0 Å². The predicted molar refractivity (Wildman–Crippen MR) is 96.2 cm³/mol. The molecule has 0 atom stereocenters. The van der Waals surface area contributed by atoms with Crippen LogP contribution in [0, 0.1) is 12.8 Å². The van der Waals surface area contributed by atoms with Crippen molar-refractivity contribution in [2.45, 2.75) is 46.5 Å². The zero-order valence-corrected chi connectivity index (χ0v) is 15.3. The first-order chi connectivity index (χ1) is 11.7. The van der Waals surface area contributed by atoms with E-state index in [1.54, 1.807) is 0 Å². The summed E-state index contributed by atoms with van der Waals surface area (Å²) in [5, 5.41) is 10.4. The van der Waals surface area contributed by atoms with E-state index in [1.807, 2.05) is 6.92 Å². The minimum Gasteiger partial charge on any atom is -0.357 e. The summed E-state index contributed by atoms with van der Waals surface area (Å²) in [6, 6.07) is 0. The monoisotopic (exact) mass is 336 g/mol. The van der Waals surface area contributed by atoms with Gasteiger partial charge in [0, 0.05) is 26.1 Å². The van der Waals surface area contributed by atoms with Crippen LogP contribution in [0.15, 0.2) is 9.52 Å². The molecule has 0 unspecified atom stereocenters. The Morgan fingerprint density at radius 2 is 2.12 bits per heavy atom. The molecule has 0 aromatic carbocycles. The highest BCUT2D eigenvalue weighted by atomic mass is 16.5. The number of aliphatic imine (C=N–C) groups is 1. The lowest BCUT2D eigenvalue weighted by Crippen LogP contribution is -2.38. The van der Waals surface area contributed by atoms with Crippen molar-refractivity contribution in [2.24, 2.45) is 10.9 Å². The van der Waals surface area contributed by atoms with Gasteiger partial charge in [0.05, 0.1) is 0 Å². The zero-order chi connectivity index (χ0) is 17.2. The maximum Gasteiger partial charge on any atom is 0.228 e. The van der Waals surface area contributed by atoms with Crippen molar-refractivity contribution in [3.63, 3.8) is 0 Å². The van der Waals surface area contributed by atoms with Gasteiger partial charge in [-0.15, -0.1) is 0 Å². The maximum atomic E-state index is 5.11. The van der Waals surface area contributed by atoms with E-state index in [-0.39, 0.29) is 0 Å². The molecule has 1 saturated heterocycles. The maximum absolute atomic E-state index is 5.11. The van der Waals surface area contributed by atoms with Crippen molar-refractivity contribution in [1.29, 1.82) is 0 Å². The summed E-state index contributed by atoms with van der Waals surface area (Å²) in [6.45, 7) is 12.3. The van der Waals surface area contributed by atoms with Crippen molar-refractivity contribution in [1.82, 2.24) is 25.7 Å². The molecule has 2 rings (SSSR count). The normalized spacial score (nSPS) is 17.2. The molecule has 24 heavy (non-hydrogen) atoms. The second kappa shape index (κ2) is 10.3. The van der Waals surface area contributed by atoms with E-state index in [2.05, 4.69) is 44.5 Å². The number of nitrogens with one attached hydrogen (secondary N) is 2. The summed E-state index contributed by atoms with van der Waals surface area (Å²) in [7, 11) is 0. The number of nitrogens with zero attached hydrogens (tertiary/aromatic N) is 4. The summed E-state index contributed by atoms with van der Waals surface area (Å²) in [5.74, 6) is 3.10. The molecule has 1 aromatic heterocycles. The third kappa shape index (κ3) is 6.86. The number of hydrogen-bond donors (Lipinski definition) is 2. The average Bonchev–Trinajstić information content (AvgIpc) is 2.98. The highest BCUT2D eigenvalue weighted by Gasteiger charge is 2.14. The third-order valence-corrected chi connectivity index (χ3v) is 4.32. The first kappa shape index (κ1) is 18.7. The lowest BCUT2D eigenvalue weighted by Gasteiger charge is -2.29. The molecule has 1 aromatic rings. The number of piperidine rings is 1. The van der Waals surface area contributed by atoms with E-state index < -0.39 is 0 Å². The molecule has 2 N–H and O–H groups in total. The Balaban J connectivity index is 1.64. The summed E-state index contributed by atoms with van der Waals surface area (Å²) in [4.78, 5) is 11.4. The summed E-state index contributed by atoms with van der Waals surface area (Å²) >= 11 is 0. The standard InChI is InChI=1S/C17H32N6O/c1-4-18-17(20-10-6-16-21-15(3)22-24-16)19-9-5-11-23-12-7-14(2)8-13-23/h14H,4-13H2,1-3H3,(H2,18,19,20). The van der Waals surface area contributed by atoms with E-state index in [4.69, 9.17) is 4.52 Å². The first-order valence-electron chi connectivity index (χ1n) is 9.21. The minimum atomic E-state index is 0.662. The fraction of sp³-hybridized carbons (Fsp3) is 0.824. The molecule has 1 aliphatic heterocycles. The van der Waals surface area contributed by atoms with Gasteiger partial charge in [0.1, 0.15) is 0 Å². The Kier molecular flexibility index (Phi) is 8.01. The molecule has 2 heterocycles. The summed E-state index contributed by atoms with van der Waals surface area (Å²) in [6.07, 6.45) is 4.48. The Morgan fingerprint density at radius 1 is 1.33 bits per heavy atom. The van der Waals surface area contributed by atoms with Crippen LogP contribution in [0.1, 0.15) is 44.8 Å². The molecule has 0 aliphatic carbocycles. The molecule has 7 nitrogen and oxygen atoms in total. The molecule has 0 spiro atoms. The highest BCUT2D eigenvalue weighted by molar-refractivity contribution is 5.79. The highest BCUT2D eigenvalue weighted by Crippen LogP contribution is 2.15. The van der Waals surface area contributed by atoms with E-state index in [0.717, 1.165) is 44.5 Å². The van der Waals surface area contributed by atoms with Crippen LogP contribution < -0.4 is 10.6 Å². The number of guanidine groups is 1. The second-order valence-electron chi connectivity index (χ2n) is 6.55. The van der Waals surface area contributed by atoms with Crippen LogP contribution in [0.3, 0.4) is 0 Å². The van der Waals surface area contributed by atoms with E-state index >= 15 is 0 Å². The molecular formula is C17H32N6O. The van der Waals surface area contributed by atoms with Crippen molar-refractivity contribution in [2.75, 3.05) is 39.3 Å². The molecule has 0 radical (unpaired) electrons. The SMILES string of the molecule is CCNC(=NCCCN1CCC(C)CC1)NCCc1nc(C)no1. The molecule has 1 aliphatic rings. The molecule has 136 valence electrons. The van der Waals surface area contributed by atoms with Crippen molar-refractivity contribution >= 4 is 5.96 Å². The van der Waals surface area contributed by atoms with Crippen LogP contribution >= 0.6 is 0 Å². The van der Waals surface area contributed by atoms with Gasteiger partial charge in [0.15, 0.2) is 11.8 Å². The van der Waals surface area contributed by atoms with Gasteiger partial charge in [0.25, 0.3) is 0 Å². The van der Waals surface area contributed by atoms with Gasteiger partial charge in [-0.25, -0.2) is 0 Å². The fourth-order valence-electron chi connectivity index (χ4n) is 2.84. The lowest BCUT2D eigenvalue weighted by atomic mass is 9.99. The molecular weight excluding hydrogens is 304 g/mol. The number of likely N-dealkylation sites (tertiary alicyclic amines) is 1. The Bertz CT molecular complexity index is 493. The zero-order valence-electron chi connectivity index (χ0n) is 15.3. The molecule has 0 amide bonds. The number of aryl methyl sites for hydroxylation is 1. The Morgan fingerprint density at radius 3 is 2.79 bits per heavy atom. The average molecular weight is 336 g/mol. The molecule has 0 bridgehead atoms. The van der Waals surface area contributed by atoms with Gasteiger partial charge >= 0.3 is 0 Å². The number of hydrogen-bond acceptors (Lipinski definition) is 5. The quantitative estimate of drug-likeness (QED) is 0.426. The topological polar surface area (TPSA) is 78.6 Å². The van der Waals surface area contributed by atoms with Crippen LogP contribution in [-0.4, -0.2) is 60.3 Å². The molecule has 1 fully saturated rings. The van der Waals surface area contributed by atoms with Crippen molar-refractivity contribution in [3.8, 4) is 0 Å². The van der Waals surface area contributed by atoms with Crippen LogP contribution in [0.2, 0.25) is 0 Å². The number of rotatable bonds is 8. The fourth-order valence-corrected chi connectivity index (χ4v) is 2.84. The van der Waals surface area contributed by atoms with Crippen LogP contribution in [-0.2, 0) is 6.42 Å². The van der Waals surface area contributed by atoms with E-state index in [0.29, 0.717) is 18.1 Å². The van der Waals surface area contributed by atoms with Crippen LogP contribution in [0.25, 0.3) is 0 Å². The summed E-state index contributed by atoms with van der Waals surface area (Å²) < 4.78 is 5.11. The van der Waals surface area contributed by atoms with E-state index in [9.17, 15) is 0 Å². The number of aromatic nitrogens is 2. The lowest BCUT2D eigenvalue weighted by molar-refractivity contribution is 0.192. The van der Waals surface area contributed by atoms with E-state index in [1.165, 1.54) is 25.9 Å². The molecule has 7 heteroatoms. The minimum absolute atomic E-state index is 0.662. The Hall–Kier alpha value is -1.63. The molecule has 0 saturated carbocycles. The largest absolute Gasteiger partial charge is 0.357 e. The smallest absolute Gasteiger partial charge is 0.228 e. The predicted octanol–water partition coefficient (Wildman–Crippen LogP) is 1.60. The van der Waals surface area contributed by atoms with Crippen molar-refractivity contribution < 1.29 is 4.52 Å². The Labute approximate surface area is 145 Å². The summed E-state index contributed by atoms with van der Waals surface area (Å²) in [5.41, 5.74) is 0. The van der Waals surface area contributed by atoms with Gasteiger partial charge < -0.3 is 20.1 Å². The first-order valence-corrected chi connectivity index (χ1v) is 9.21. The van der Waals surface area contributed by atoms with Gasteiger partial charge in [-0.2, -0.15) is 4.98 Å². The van der Waals surface area contributed by atoms with Crippen molar-refractivity contribution in [3.05, 3.63) is 11.7 Å². The third-order valence-electron chi connectivity index (χ3n) is 4.32. The van der Waals surface area contributed by atoms with Gasteiger partial charge in [0.2, 0.25) is 5.89 Å². The van der Waals surface area contributed by atoms with Crippen LogP contribution in [0.5, 0.6) is 0 Å². The van der Waals surface area contributed by atoms with Gasteiger partial charge in [-0.3, -0.25) is 4.99 Å². The second-order valence-corrected chi connectivity index (χ2v) is 6.55.